The summed E-state index contributed by atoms with van der Waals surface area (Å²) in [6.45, 7) is 0. The van der Waals surface area contributed by atoms with Crippen LogP contribution in [-0.4, -0.2) is 68.4 Å². The topological polar surface area (TPSA) is 132 Å². The van der Waals surface area contributed by atoms with Gasteiger partial charge >= 0.3 is 71.9 Å². The number of hydrogen-bond donors (Lipinski definition) is 4. The van der Waals surface area contributed by atoms with E-state index in [9.17, 15) is 14.4 Å². The number of carboxylic acids is 3. The predicted octanol–water partition coefficient (Wildman–Crippen LogP) is -5.32. The Morgan fingerprint density at radius 2 is 1.27 bits per heavy atom. The van der Waals surface area contributed by atoms with Gasteiger partial charge in [0.15, 0.2) is 5.60 Å². The molecule has 0 spiro atoms. The van der Waals surface area contributed by atoms with Crippen LogP contribution in [0, 0.1) is 0 Å². The minimum atomic E-state index is -2.74. The zero-order valence-electron chi connectivity index (χ0n) is 9.13. The summed E-state index contributed by atoms with van der Waals surface area (Å²) in [5.41, 5.74) is -2.74. The molecule has 0 aromatic carbocycles. The third-order valence-corrected chi connectivity index (χ3v) is 1.29. The van der Waals surface area contributed by atoms with Crippen LogP contribution >= 0.6 is 0 Å². The molecule has 0 saturated carbocycles. The number of hydrogen-bond acceptors (Lipinski definition) is 4. The van der Waals surface area contributed by atoms with E-state index in [1.807, 2.05) is 0 Å². The average molecular weight is 341 g/mol. The van der Waals surface area contributed by atoms with E-state index in [1.54, 1.807) is 0 Å². The van der Waals surface area contributed by atoms with Crippen LogP contribution in [0.15, 0.2) is 0 Å². The molecular weight excluding hydrogens is 329 g/mol. The third-order valence-electron chi connectivity index (χ3n) is 1.29. The van der Waals surface area contributed by atoms with Gasteiger partial charge in [0, 0.05) is 0 Å². The molecule has 0 atom stereocenters. The van der Waals surface area contributed by atoms with Crippen molar-refractivity contribution in [3.05, 3.63) is 0 Å². The predicted molar refractivity (Wildman–Crippen MR) is 48.1 cm³/mol. The van der Waals surface area contributed by atoms with E-state index in [1.165, 1.54) is 0 Å². The quantitative estimate of drug-likeness (QED) is 0.367. The van der Waals surface area contributed by atoms with Gasteiger partial charge in [-0.3, -0.25) is 9.59 Å². The van der Waals surface area contributed by atoms with Crippen molar-refractivity contribution in [1.82, 2.24) is 0 Å². The van der Waals surface area contributed by atoms with Crippen molar-refractivity contribution in [3.63, 3.8) is 0 Å². The van der Waals surface area contributed by atoms with Crippen molar-refractivity contribution in [1.29, 1.82) is 0 Å². The van der Waals surface area contributed by atoms with E-state index in [2.05, 4.69) is 0 Å². The summed E-state index contributed by atoms with van der Waals surface area (Å²) < 4.78 is 0. The van der Waals surface area contributed by atoms with Gasteiger partial charge in [0.1, 0.15) is 0 Å². The van der Waals surface area contributed by atoms with E-state index >= 15 is 0 Å². The Kier molecular flexibility index (Phi) is 11.5. The van der Waals surface area contributed by atoms with E-state index in [0.29, 0.717) is 0 Å². The first-order chi connectivity index (χ1) is 5.78. The summed E-state index contributed by atoms with van der Waals surface area (Å²) in [7, 11) is 0. The Morgan fingerprint density at radius 3 is 1.40 bits per heavy atom. The van der Waals surface area contributed by atoms with Crippen molar-refractivity contribution in [2.75, 3.05) is 0 Å². The molecule has 0 unspecified atom stereocenters. The molecule has 9 heteroatoms. The molecule has 84 valence electrons. The second kappa shape index (κ2) is 8.35. The van der Waals surface area contributed by atoms with Crippen LogP contribution in [0.4, 0.5) is 0 Å². The Bertz CT molecular complexity index is 243. The van der Waals surface area contributed by atoms with E-state index in [4.69, 9.17) is 20.4 Å². The van der Waals surface area contributed by atoms with E-state index in [-0.39, 0.29) is 55.4 Å². The summed E-state index contributed by atoms with van der Waals surface area (Å²) >= 11 is 0. The number of carboxylic acid groups (broad SMARTS) is 3. The SMILES string of the molecule is O=C(O)CC(O)(CC(=O)O)C(=O)O.[H-].[Na+].[SbH3]. The zero-order chi connectivity index (χ0) is 10.6. The van der Waals surface area contributed by atoms with Crippen LogP contribution in [0.25, 0.3) is 0 Å². The van der Waals surface area contributed by atoms with Gasteiger partial charge < -0.3 is 21.9 Å². The van der Waals surface area contributed by atoms with Crippen molar-refractivity contribution in [3.8, 4) is 0 Å². The Hall–Kier alpha value is 0.188. The first kappa shape index (κ1) is 20.6. The number of rotatable bonds is 5. The van der Waals surface area contributed by atoms with Gasteiger partial charge in [-0.25, -0.2) is 4.79 Å². The standard InChI is InChI=1S/C6H8O7.Na.Sb.4H/c7-3(8)1-6(13,5(11)12)2-4(9)10;;;;;;/h13H,1-2H2,(H,7,8)(H,9,10)(H,11,12);;;;;;/q;+1;;;;;-1. The first-order valence-electron chi connectivity index (χ1n) is 3.17. The van der Waals surface area contributed by atoms with Crippen LogP contribution in [0.1, 0.15) is 14.3 Å². The van der Waals surface area contributed by atoms with Crippen molar-refractivity contribution < 1.29 is 65.8 Å². The summed E-state index contributed by atoms with van der Waals surface area (Å²) in [5.74, 6) is -5.02. The molecule has 0 amide bonds. The molecular formula is C6H12NaO7Sb. The number of aliphatic carboxylic acids is 3. The summed E-state index contributed by atoms with van der Waals surface area (Å²) in [4.78, 5) is 30.5. The molecule has 0 saturated heterocycles. The molecule has 0 bridgehead atoms. The fourth-order valence-corrected chi connectivity index (χ4v) is 0.714. The number of aliphatic hydroxyl groups is 1. The Labute approximate surface area is 126 Å². The second-order valence-corrected chi connectivity index (χ2v) is 2.48. The average Bonchev–Trinajstić information content (AvgIpc) is 1.82. The van der Waals surface area contributed by atoms with Crippen molar-refractivity contribution in [2.45, 2.75) is 18.4 Å². The Balaban J connectivity index is -0.000000240. The molecule has 15 heavy (non-hydrogen) atoms. The normalized spacial score (nSPS) is 9.40. The maximum atomic E-state index is 10.3. The zero-order valence-corrected chi connectivity index (χ0v) is 14.2. The van der Waals surface area contributed by atoms with Crippen LogP contribution in [0.2, 0.25) is 0 Å². The molecule has 0 aliphatic carbocycles. The molecule has 7 nitrogen and oxygen atoms in total. The number of carbonyl (C=O) groups is 3. The molecule has 0 aliphatic rings. The van der Waals surface area contributed by atoms with Crippen LogP contribution in [0.3, 0.4) is 0 Å². The van der Waals surface area contributed by atoms with Gasteiger partial charge in [0.2, 0.25) is 0 Å². The summed E-state index contributed by atoms with van der Waals surface area (Å²) in [6.07, 6.45) is -2.29. The summed E-state index contributed by atoms with van der Waals surface area (Å²) in [6, 6.07) is 0. The van der Waals surface area contributed by atoms with Gasteiger partial charge in [-0.1, -0.05) is 0 Å². The third kappa shape index (κ3) is 8.04. The molecule has 0 rings (SSSR count). The first-order valence-corrected chi connectivity index (χ1v) is 3.17. The molecule has 0 aromatic rings. The molecule has 0 aliphatic heterocycles. The van der Waals surface area contributed by atoms with Gasteiger partial charge in [0.25, 0.3) is 0 Å². The fourth-order valence-electron chi connectivity index (χ4n) is 0.714. The second-order valence-electron chi connectivity index (χ2n) is 2.48. The minimum absolute atomic E-state index is 0. The Morgan fingerprint density at radius 1 is 1.00 bits per heavy atom. The van der Waals surface area contributed by atoms with Crippen molar-refractivity contribution >= 4 is 42.3 Å². The van der Waals surface area contributed by atoms with Crippen LogP contribution in [-0.2, 0) is 14.4 Å². The summed E-state index contributed by atoms with van der Waals surface area (Å²) in [5, 5.41) is 33.8. The molecule has 0 fully saturated rings. The van der Waals surface area contributed by atoms with E-state index in [0.717, 1.165) is 0 Å². The van der Waals surface area contributed by atoms with Crippen molar-refractivity contribution in [2.24, 2.45) is 0 Å². The van der Waals surface area contributed by atoms with Gasteiger partial charge in [-0.15, -0.1) is 0 Å². The molecule has 0 heterocycles. The van der Waals surface area contributed by atoms with Gasteiger partial charge in [-0.05, 0) is 0 Å². The fraction of sp³-hybridized carbons (Fsp3) is 0.500. The maximum absolute atomic E-state index is 10.3. The molecule has 0 aromatic heterocycles. The molecule has 4 N–H and O–H groups in total. The van der Waals surface area contributed by atoms with E-state index < -0.39 is 36.4 Å². The van der Waals surface area contributed by atoms with Gasteiger partial charge in [0.05, 0.1) is 12.8 Å². The monoisotopic (exact) mass is 340 g/mol. The van der Waals surface area contributed by atoms with Gasteiger partial charge in [-0.2, -0.15) is 0 Å². The molecule has 0 radical (unpaired) electrons. The van der Waals surface area contributed by atoms with Crippen LogP contribution in [0.5, 0.6) is 0 Å². The van der Waals surface area contributed by atoms with Crippen LogP contribution < -0.4 is 29.6 Å².